The molecule has 1 aliphatic heterocycles. The van der Waals surface area contributed by atoms with Crippen molar-refractivity contribution >= 4 is 15.7 Å². The number of rotatable bonds is 4. The summed E-state index contributed by atoms with van der Waals surface area (Å²) in [7, 11) is -2.00. The minimum atomic E-state index is -3.54. The number of H-pyrrole nitrogens is 1. The van der Waals surface area contributed by atoms with E-state index in [4.69, 9.17) is 0 Å². The average Bonchev–Trinajstić information content (AvgIpc) is 3.06. The summed E-state index contributed by atoms with van der Waals surface area (Å²) in [6, 6.07) is 5.19. The first-order chi connectivity index (χ1) is 9.96. The molecule has 0 saturated carbocycles. The molecule has 0 aliphatic carbocycles. The van der Waals surface area contributed by atoms with Gasteiger partial charge in [0.25, 0.3) is 0 Å². The molecule has 1 aromatic carbocycles. The van der Waals surface area contributed by atoms with Gasteiger partial charge in [-0.15, -0.1) is 0 Å². The lowest BCUT2D eigenvalue weighted by Crippen LogP contribution is -2.27. The predicted octanol–water partition coefficient (Wildman–Crippen LogP) is 0.902. The molecule has 2 N–H and O–H groups in total. The Bertz CT molecular complexity index is 769. The largest absolute Gasteiger partial charge is 0.384 e. The van der Waals surface area contributed by atoms with Gasteiger partial charge in [-0.1, -0.05) is 0 Å². The summed E-state index contributed by atoms with van der Waals surface area (Å²) in [6.07, 6.45) is 0.850. The molecule has 1 aromatic heterocycles. The van der Waals surface area contributed by atoms with Gasteiger partial charge in [0.15, 0.2) is 5.82 Å². The maximum atomic E-state index is 12.6. The van der Waals surface area contributed by atoms with Crippen LogP contribution >= 0.6 is 0 Å². The van der Waals surface area contributed by atoms with Crippen molar-refractivity contribution < 1.29 is 8.42 Å². The lowest BCUT2D eigenvalue weighted by Gasteiger charge is -2.16. The zero-order chi connectivity index (χ0) is 15.0. The summed E-state index contributed by atoms with van der Waals surface area (Å²) in [6.45, 7) is 2.77. The van der Waals surface area contributed by atoms with Crippen molar-refractivity contribution in [2.75, 3.05) is 18.9 Å². The Morgan fingerprint density at radius 3 is 2.90 bits per heavy atom. The molecule has 0 spiro atoms. The van der Waals surface area contributed by atoms with Gasteiger partial charge in [0.05, 0.1) is 11.4 Å². The molecule has 0 saturated heterocycles. The molecule has 21 heavy (non-hydrogen) atoms. The van der Waals surface area contributed by atoms with Crippen LogP contribution in [0.3, 0.4) is 0 Å². The summed E-state index contributed by atoms with van der Waals surface area (Å²) < 4.78 is 26.4. The molecule has 0 radical (unpaired) electrons. The summed E-state index contributed by atoms with van der Waals surface area (Å²) >= 11 is 0. The van der Waals surface area contributed by atoms with Crippen molar-refractivity contribution in [2.45, 2.75) is 24.8 Å². The SMILES string of the molecule is Cc1nc(CN(C)S(=O)(=O)c2ccc3c(c2)CCN3)n[nH]1. The molecule has 112 valence electrons. The van der Waals surface area contributed by atoms with Gasteiger partial charge in [0.1, 0.15) is 5.82 Å². The molecular formula is C13H17N5O2S. The fourth-order valence-electron chi connectivity index (χ4n) is 2.37. The van der Waals surface area contributed by atoms with Crippen LogP contribution in [0.5, 0.6) is 0 Å². The molecule has 3 rings (SSSR count). The smallest absolute Gasteiger partial charge is 0.243 e. The van der Waals surface area contributed by atoms with Crippen molar-refractivity contribution in [1.82, 2.24) is 19.5 Å². The minimum Gasteiger partial charge on any atom is -0.384 e. The van der Waals surface area contributed by atoms with Gasteiger partial charge in [0, 0.05) is 19.3 Å². The monoisotopic (exact) mass is 307 g/mol. The van der Waals surface area contributed by atoms with Gasteiger partial charge >= 0.3 is 0 Å². The van der Waals surface area contributed by atoms with Crippen LogP contribution < -0.4 is 5.32 Å². The topological polar surface area (TPSA) is 91.0 Å². The number of aromatic amines is 1. The Kier molecular flexibility index (Phi) is 3.42. The fourth-order valence-corrected chi connectivity index (χ4v) is 3.54. The van der Waals surface area contributed by atoms with Crippen molar-refractivity contribution in [3.05, 3.63) is 35.4 Å². The zero-order valence-corrected chi connectivity index (χ0v) is 12.7. The van der Waals surface area contributed by atoms with E-state index in [1.165, 1.54) is 11.4 Å². The molecule has 2 heterocycles. The third-order valence-electron chi connectivity index (χ3n) is 3.50. The quantitative estimate of drug-likeness (QED) is 0.876. The number of nitrogens with one attached hydrogen (secondary N) is 2. The number of aryl methyl sites for hydroxylation is 1. The predicted molar refractivity (Wildman–Crippen MR) is 78.4 cm³/mol. The van der Waals surface area contributed by atoms with Crippen LogP contribution in [0.1, 0.15) is 17.2 Å². The van der Waals surface area contributed by atoms with Crippen molar-refractivity contribution in [1.29, 1.82) is 0 Å². The van der Waals surface area contributed by atoms with Crippen LogP contribution in [0.25, 0.3) is 0 Å². The van der Waals surface area contributed by atoms with E-state index in [1.54, 1.807) is 19.1 Å². The van der Waals surface area contributed by atoms with E-state index in [2.05, 4.69) is 20.5 Å². The highest BCUT2D eigenvalue weighted by Crippen LogP contribution is 2.26. The highest BCUT2D eigenvalue weighted by Gasteiger charge is 2.24. The number of aromatic nitrogens is 3. The lowest BCUT2D eigenvalue weighted by molar-refractivity contribution is 0.457. The molecular weight excluding hydrogens is 290 g/mol. The van der Waals surface area contributed by atoms with Crippen LogP contribution in [0.15, 0.2) is 23.1 Å². The highest BCUT2D eigenvalue weighted by atomic mass is 32.2. The average molecular weight is 307 g/mol. The standard InChI is InChI=1S/C13H17N5O2S/c1-9-15-13(17-16-9)8-18(2)21(19,20)11-3-4-12-10(7-11)5-6-14-12/h3-4,7,14H,5-6,8H2,1-2H3,(H,15,16,17). The van der Waals surface area contributed by atoms with E-state index in [1.807, 2.05) is 6.07 Å². The van der Waals surface area contributed by atoms with Gasteiger partial charge in [0.2, 0.25) is 10.0 Å². The van der Waals surface area contributed by atoms with Gasteiger partial charge in [-0.2, -0.15) is 9.40 Å². The molecule has 0 atom stereocenters. The Labute approximate surface area is 123 Å². The second-order valence-corrected chi connectivity index (χ2v) is 7.14. The maximum Gasteiger partial charge on any atom is 0.243 e. The Hall–Kier alpha value is -1.93. The van der Waals surface area contributed by atoms with Crippen molar-refractivity contribution in [3.8, 4) is 0 Å². The lowest BCUT2D eigenvalue weighted by atomic mass is 10.2. The molecule has 0 amide bonds. The molecule has 8 heteroatoms. The zero-order valence-electron chi connectivity index (χ0n) is 11.9. The second-order valence-electron chi connectivity index (χ2n) is 5.09. The Morgan fingerprint density at radius 1 is 1.38 bits per heavy atom. The first-order valence-electron chi connectivity index (χ1n) is 6.68. The molecule has 0 bridgehead atoms. The fraction of sp³-hybridized carbons (Fsp3) is 0.385. The van der Waals surface area contributed by atoms with Crippen LogP contribution in [0.2, 0.25) is 0 Å². The summed E-state index contributed by atoms with van der Waals surface area (Å²) in [5.74, 6) is 1.13. The Balaban J connectivity index is 1.85. The van der Waals surface area contributed by atoms with Gasteiger partial charge in [-0.25, -0.2) is 13.4 Å². The number of hydrogen-bond donors (Lipinski definition) is 2. The normalized spacial score (nSPS) is 14.2. The van der Waals surface area contributed by atoms with Gasteiger partial charge in [-0.3, -0.25) is 5.10 Å². The first kappa shape index (κ1) is 14.0. The van der Waals surface area contributed by atoms with Crippen molar-refractivity contribution in [3.63, 3.8) is 0 Å². The van der Waals surface area contributed by atoms with E-state index in [9.17, 15) is 8.42 Å². The van der Waals surface area contributed by atoms with Crippen LogP contribution in [0.4, 0.5) is 5.69 Å². The van der Waals surface area contributed by atoms with Crippen molar-refractivity contribution in [2.24, 2.45) is 0 Å². The third-order valence-corrected chi connectivity index (χ3v) is 5.30. The van der Waals surface area contributed by atoms with E-state index in [0.29, 0.717) is 16.5 Å². The Morgan fingerprint density at radius 2 is 2.19 bits per heavy atom. The van der Waals surface area contributed by atoms with Crippen LogP contribution in [-0.4, -0.2) is 41.5 Å². The second kappa shape index (κ2) is 5.12. The first-order valence-corrected chi connectivity index (χ1v) is 8.12. The molecule has 7 nitrogen and oxygen atoms in total. The third kappa shape index (κ3) is 2.64. The summed E-state index contributed by atoms with van der Waals surface area (Å²) in [5.41, 5.74) is 2.06. The van der Waals surface area contributed by atoms with Crippen LogP contribution in [-0.2, 0) is 23.0 Å². The minimum absolute atomic E-state index is 0.141. The number of hydrogen-bond acceptors (Lipinski definition) is 5. The summed E-state index contributed by atoms with van der Waals surface area (Å²) in [5, 5.41) is 9.89. The van der Waals surface area contributed by atoms with Gasteiger partial charge < -0.3 is 5.32 Å². The number of sulfonamides is 1. The molecule has 0 unspecified atom stereocenters. The van der Waals surface area contributed by atoms with E-state index in [-0.39, 0.29) is 6.54 Å². The van der Waals surface area contributed by atoms with E-state index in [0.717, 1.165) is 24.2 Å². The number of anilines is 1. The van der Waals surface area contributed by atoms with Crippen LogP contribution in [0, 0.1) is 6.92 Å². The van der Waals surface area contributed by atoms with E-state index < -0.39 is 10.0 Å². The molecule has 0 fully saturated rings. The maximum absolute atomic E-state index is 12.6. The summed E-state index contributed by atoms with van der Waals surface area (Å²) in [4.78, 5) is 4.44. The number of benzene rings is 1. The molecule has 2 aromatic rings. The van der Waals surface area contributed by atoms with E-state index >= 15 is 0 Å². The number of fused-ring (bicyclic) bond motifs is 1. The van der Waals surface area contributed by atoms with Gasteiger partial charge in [-0.05, 0) is 37.1 Å². The molecule has 1 aliphatic rings. The number of nitrogens with zero attached hydrogens (tertiary/aromatic N) is 3. The highest BCUT2D eigenvalue weighted by molar-refractivity contribution is 7.89.